The molecule has 2 aromatic rings. The van der Waals surface area contributed by atoms with Crippen LogP contribution in [0.4, 0.5) is 0 Å². The van der Waals surface area contributed by atoms with Crippen molar-refractivity contribution in [3.05, 3.63) is 28.0 Å². The lowest BCUT2D eigenvalue weighted by atomic mass is 10.2. The number of hydrogen-bond acceptors (Lipinski definition) is 6. The summed E-state index contributed by atoms with van der Waals surface area (Å²) in [6.07, 6.45) is 4.46. The van der Waals surface area contributed by atoms with Gasteiger partial charge in [0, 0.05) is 6.42 Å². The van der Waals surface area contributed by atoms with E-state index >= 15 is 0 Å². The second kappa shape index (κ2) is 7.64. The summed E-state index contributed by atoms with van der Waals surface area (Å²) in [5, 5.41) is 13.5. The molecule has 8 heteroatoms. The summed E-state index contributed by atoms with van der Waals surface area (Å²) in [5.41, 5.74) is 0.882. The predicted octanol–water partition coefficient (Wildman–Crippen LogP) is 3.22. The molecule has 0 radical (unpaired) electrons. The first-order valence-corrected chi connectivity index (χ1v) is 8.60. The average Bonchev–Trinajstić information content (AvgIpc) is 2.94. The van der Waals surface area contributed by atoms with Crippen molar-refractivity contribution in [1.29, 1.82) is 0 Å². The maximum absolute atomic E-state index is 5.33. The fourth-order valence-electron chi connectivity index (χ4n) is 1.90. The van der Waals surface area contributed by atoms with E-state index in [4.69, 9.17) is 9.47 Å². The van der Waals surface area contributed by atoms with Crippen LogP contribution in [-0.2, 0) is 6.42 Å². The summed E-state index contributed by atoms with van der Waals surface area (Å²) >= 11 is 4.98. The van der Waals surface area contributed by atoms with Gasteiger partial charge in [0.1, 0.15) is 0 Å². The number of ether oxygens (including phenoxy) is 2. The molecule has 0 N–H and O–H groups in total. The van der Waals surface area contributed by atoms with E-state index in [0.29, 0.717) is 11.5 Å². The number of nitrogens with zero attached hydrogens (tertiary/aromatic N) is 4. The second-order valence-corrected chi connectivity index (χ2v) is 5.88. The van der Waals surface area contributed by atoms with Crippen LogP contribution in [0.5, 0.6) is 11.5 Å². The van der Waals surface area contributed by atoms with Gasteiger partial charge in [0.15, 0.2) is 17.3 Å². The third-order valence-corrected chi connectivity index (χ3v) is 4.16. The normalized spacial score (nSPS) is 11.1. The first-order chi connectivity index (χ1) is 10.6. The van der Waals surface area contributed by atoms with Gasteiger partial charge in [-0.2, -0.15) is 9.78 Å². The smallest absolute Gasteiger partial charge is 0.211 e. The van der Waals surface area contributed by atoms with Crippen molar-refractivity contribution in [3.8, 4) is 11.5 Å². The van der Waals surface area contributed by atoms with Crippen molar-refractivity contribution in [2.24, 2.45) is 5.10 Å². The fourth-order valence-corrected chi connectivity index (χ4v) is 2.97. The zero-order chi connectivity index (χ0) is 16.1. The van der Waals surface area contributed by atoms with Gasteiger partial charge in [-0.15, -0.1) is 10.2 Å². The van der Waals surface area contributed by atoms with Crippen LogP contribution in [-0.4, -0.2) is 41.6 Å². The molecule has 0 saturated carbocycles. The molecule has 1 aromatic carbocycles. The van der Waals surface area contributed by atoms with Crippen molar-refractivity contribution in [2.45, 2.75) is 18.5 Å². The fraction of sp³-hybridized carbons (Fsp3) is 0.357. The Labute approximate surface area is 142 Å². The number of aryl methyl sites for hydroxylation is 1. The molecule has 0 spiro atoms. The zero-order valence-electron chi connectivity index (χ0n) is 12.8. The van der Waals surface area contributed by atoms with Gasteiger partial charge in [-0.1, -0.05) is 18.7 Å². The number of thioether (sulfide) groups is 1. The Balaban J connectivity index is 2.38. The van der Waals surface area contributed by atoms with Gasteiger partial charge in [0.25, 0.3) is 0 Å². The summed E-state index contributed by atoms with van der Waals surface area (Å²) in [7, 11) is 3.21. The first kappa shape index (κ1) is 16.8. The average molecular weight is 385 g/mol. The van der Waals surface area contributed by atoms with Gasteiger partial charge >= 0.3 is 0 Å². The van der Waals surface area contributed by atoms with Crippen LogP contribution >= 0.6 is 27.7 Å². The molecule has 0 bridgehead atoms. The van der Waals surface area contributed by atoms with Gasteiger partial charge in [-0.05, 0) is 39.9 Å². The summed E-state index contributed by atoms with van der Waals surface area (Å²) in [6.45, 7) is 2.02. The Morgan fingerprint density at radius 2 is 2.09 bits per heavy atom. The minimum atomic E-state index is 0.642. The molecule has 118 valence electrons. The lowest BCUT2D eigenvalue weighted by molar-refractivity contribution is 0.353. The van der Waals surface area contributed by atoms with Crippen LogP contribution in [0.1, 0.15) is 18.3 Å². The van der Waals surface area contributed by atoms with E-state index in [1.54, 1.807) is 25.1 Å². The summed E-state index contributed by atoms with van der Waals surface area (Å²) in [6, 6.07) is 3.78. The standard InChI is InChI=1S/C14H17BrN4O2S/c1-5-12-17-18-14(22-4)19(12)16-8-9-6-10(15)13(21-3)11(7-9)20-2/h6-8H,5H2,1-4H3/b16-8-. The first-order valence-electron chi connectivity index (χ1n) is 6.58. The van der Waals surface area contributed by atoms with Gasteiger partial charge < -0.3 is 9.47 Å². The Bertz CT molecular complexity index is 666. The molecular formula is C14H17BrN4O2S. The minimum Gasteiger partial charge on any atom is -0.493 e. The Morgan fingerprint density at radius 1 is 1.32 bits per heavy atom. The van der Waals surface area contributed by atoms with Crippen LogP contribution < -0.4 is 9.47 Å². The summed E-state index contributed by atoms with van der Waals surface area (Å²) in [4.78, 5) is 0. The molecule has 0 aliphatic heterocycles. The maximum Gasteiger partial charge on any atom is 0.211 e. The molecule has 0 unspecified atom stereocenters. The molecule has 2 rings (SSSR count). The molecule has 6 nitrogen and oxygen atoms in total. The maximum atomic E-state index is 5.33. The van der Waals surface area contributed by atoms with Crippen molar-refractivity contribution >= 4 is 33.9 Å². The highest BCUT2D eigenvalue weighted by molar-refractivity contribution is 9.10. The highest BCUT2D eigenvalue weighted by Crippen LogP contribution is 2.35. The van der Waals surface area contributed by atoms with E-state index < -0.39 is 0 Å². The molecule has 0 atom stereocenters. The molecule has 0 saturated heterocycles. The van der Waals surface area contributed by atoms with E-state index in [2.05, 4.69) is 31.2 Å². The quantitative estimate of drug-likeness (QED) is 0.565. The lowest BCUT2D eigenvalue weighted by Gasteiger charge is -2.10. The molecule has 0 fully saturated rings. The van der Waals surface area contributed by atoms with Crippen LogP contribution in [0.3, 0.4) is 0 Å². The van der Waals surface area contributed by atoms with Gasteiger partial charge in [-0.3, -0.25) is 0 Å². The Morgan fingerprint density at radius 3 is 2.68 bits per heavy atom. The van der Waals surface area contributed by atoms with E-state index in [1.165, 1.54) is 11.8 Å². The van der Waals surface area contributed by atoms with Gasteiger partial charge in [0.2, 0.25) is 5.16 Å². The van der Waals surface area contributed by atoms with Crippen LogP contribution in [0.2, 0.25) is 0 Å². The summed E-state index contributed by atoms with van der Waals surface area (Å²) < 4.78 is 13.2. The summed E-state index contributed by atoms with van der Waals surface area (Å²) in [5.74, 6) is 2.12. The second-order valence-electron chi connectivity index (χ2n) is 4.25. The van der Waals surface area contributed by atoms with Gasteiger partial charge in [0.05, 0.1) is 24.9 Å². The number of methoxy groups -OCH3 is 2. The molecule has 0 aliphatic carbocycles. The van der Waals surface area contributed by atoms with Gasteiger partial charge in [-0.25, -0.2) is 0 Å². The molecule has 0 amide bonds. The number of aromatic nitrogens is 3. The van der Waals surface area contributed by atoms with Crippen molar-refractivity contribution in [2.75, 3.05) is 20.5 Å². The van der Waals surface area contributed by atoms with E-state index in [0.717, 1.165) is 27.4 Å². The molecule has 22 heavy (non-hydrogen) atoms. The largest absolute Gasteiger partial charge is 0.493 e. The topological polar surface area (TPSA) is 61.5 Å². The molecule has 1 heterocycles. The monoisotopic (exact) mass is 384 g/mol. The highest BCUT2D eigenvalue weighted by atomic mass is 79.9. The zero-order valence-corrected chi connectivity index (χ0v) is 15.2. The third kappa shape index (κ3) is 3.44. The minimum absolute atomic E-state index is 0.642. The van der Waals surface area contributed by atoms with Crippen molar-refractivity contribution in [3.63, 3.8) is 0 Å². The van der Waals surface area contributed by atoms with Crippen LogP contribution in [0.15, 0.2) is 26.9 Å². The predicted molar refractivity (Wildman–Crippen MR) is 91.4 cm³/mol. The Kier molecular flexibility index (Phi) is 5.84. The lowest BCUT2D eigenvalue weighted by Crippen LogP contribution is -1.99. The van der Waals surface area contributed by atoms with E-state index in [1.807, 2.05) is 25.3 Å². The third-order valence-electron chi connectivity index (χ3n) is 2.95. The van der Waals surface area contributed by atoms with Crippen molar-refractivity contribution in [1.82, 2.24) is 14.9 Å². The SMILES string of the molecule is CCc1nnc(SC)n1/N=C\c1cc(Br)c(OC)c(OC)c1. The van der Waals surface area contributed by atoms with E-state index in [9.17, 15) is 0 Å². The van der Waals surface area contributed by atoms with Crippen LogP contribution in [0.25, 0.3) is 0 Å². The number of benzene rings is 1. The molecular weight excluding hydrogens is 368 g/mol. The number of rotatable bonds is 6. The molecule has 0 aliphatic rings. The highest BCUT2D eigenvalue weighted by Gasteiger charge is 2.11. The van der Waals surface area contributed by atoms with E-state index in [-0.39, 0.29) is 0 Å². The number of hydrogen-bond donors (Lipinski definition) is 0. The molecule has 1 aromatic heterocycles. The number of halogens is 1. The Hall–Kier alpha value is -1.54. The van der Waals surface area contributed by atoms with Crippen LogP contribution in [0, 0.1) is 0 Å². The van der Waals surface area contributed by atoms with Crippen molar-refractivity contribution < 1.29 is 9.47 Å².